The molecule has 1 spiro atoms. The molecule has 4 heteroatoms. The fourth-order valence-electron chi connectivity index (χ4n) is 2.84. The van der Waals surface area contributed by atoms with E-state index < -0.39 is 0 Å². The zero-order valence-electron chi connectivity index (χ0n) is 10.3. The van der Waals surface area contributed by atoms with Gasteiger partial charge in [-0.05, 0) is 48.9 Å². The molecule has 2 aliphatic carbocycles. The molecule has 0 N–H and O–H groups in total. The largest absolute Gasteiger partial charge is 0.262 e. The van der Waals surface area contributed by atoms with E-state index in [9.17, 15) is 0 Å². The zero-order chi connectivity index (χ0) is 12.6. The van der Waals surface area contributed by atoms with E-state index in [4.69, 9.17) is 11.6 Å². The Morgan fingerprint density at radius 3 is 3.06 bits per heavy atom. The van der Waals surface area contributed by atoms with Crippen molar-refractivity contribution in [3.8, 4) is 0 Å². The van der Waals surface area contributed by atoms with Crippen molar-refractivity contribution in [3.05, 3.63) is 36.1 Å². The molecule has 1 fully saturated rings. The van der Waals surface area contributed by atoms with Crippen molar-refractivity contribution < 1.29 is 0 Å². The molecule has 18 heavy (non-hydrogen) atoms. The summed E-state index contributed by atoms with van der Waals surface area (Å²) in [6, 6.07) is 0. The minimum absolute atomic E-state index is 0.262. The van der Waals surface area contributed by atoms with Gasteiger partial charge in [-0.3, -0.25) is 5.01 Å². The molecule has 0 bridgehead atoms. The van der Waals surface area contributed by atoms with Gasteiger partial charge in [0.05, 0.1) is 12.2 Å². The molecule has 0 amide bonds. The SMILES string of the molecule is C=C/C=N\C(Cl)=N/N1CC2(CC2)C2=C1C=CCC2. The minimum Gasteiger partial charge on any atom is -0.262 e. The Labute approximate surface area is 112 Å². The topological polar surface area (TPSA) is 28.0 Å². The molecule has 3 rings (SSSR count). The summed E-state index contributed by atoms with van der Waals surface area (Å²) in [5.41, 5.74) is 3.22. The highest BCUT2D eigenvalue weighted by molar-refractivity contribution is 6.65. The van der Waals surface area contributed by atoms with Crippen LogP contribution < -0.4 is 0 Å². The lowest BCUT2D eigenvalue weighted by molar-refractivity contribution is 0.362. The zero-order valence-corrected chi connectivity index (χ0v) is 11.0. The Morgan fingerprint density at radius 2 is 2.33 bits per heavy atom. The third-order valence-electron chi connectivity index (χ3n) is 3.86. The maximum Gasteiger partial charge on any atom is 0.240 e. The van der Waals surface area contributed by atoms with Gasteiger partial charge in [-0.2, -0.15) is 0 Å². The Kier molecular flexibility index (Phi) is 2.86. The highest BCUT2D eigenvalue weighted by Crippen LogP contribution is 2.59. The number of hydrazone groups is 1. The van der Waals surface area contributed by atoms with Gasteiger partial charge in [0.1, 0.15) is 0 Å². The summed E-state index contributed by atoms with van der Waals surface area (Å²) in [7, 11) is 0. The number of fused-ring (bicyclic) bond motifs is 1. The van der Waals surface area contributed by atoms with E-state index >= 15 is 0 Å². The van der Waals surface area contributed by atoms with Gasteiger partial charge in [-0.15, -0.1) is 5.10 Å². The van der Waals surface area contributed by atoms with Gasteiger partial charge in [0.25, 0.3) is 0 Å². The van der Waals surface area contributed by atoms with Crippen molar-refractivity contribution in [2.75, 3.05) is 6.54 Å². The number of aliphatic imine (C=N–C) groups is 1. The number of rotatable bonds is 2. The van der Waals surface area contributed by atoms with Crippen LogP contribution in [0.5, 0.6) is 0 Å². The maximum absolute atomic E-state index is 6.00. The van der Waals surface area contributed by atoms with Crippen LogP contribution >= 0.6 is 11.6 Å². The van der Waals surface area contributed by atoms with Gasteiger partial charge in [0, 0.05) is 11.6 Å². The molecular formula is C14H16ClN3. The van der Waals surface area contributed by atoms with E-state index in [1.807, 2.05) is 5.01 Å². The van der Waals surface area contributed by atoms with E-state index in [1.165, 1.54) is 25.0 Å². The van der Waals surface area contributed by atoms with Crippen LogP contribution in [0.2, 0.25) is 0 Å². The molecule has 0 saturated heterocycles. The van der Waals surface area contributed by atoms with E-state index in [2.05, 4.69) is 28.8 Å². The minimum atomic E-state index is 0.262. The van der Waals surface area contributed by atoms with Crippen LogP contribution in [-0.4, -0.2) is 23.1 Å². The summed E-state index contributed by atoms with van der Waals surface area (Å²) < 4.78 is 0. The lowest BCUT2D eigenvalue weighted by Crippen LogP contribution is -2.17. The summed E-state index contributed by atoms with van der Waals surface area (Å²) in [5.74, 6) is 0. The molecular weight excluding hydrogens is 246 g/mol. The molecule has 0 aromatic rings. The van der Waals surface area contributed by atoms with Crippen molar-refractivity contribution in [2.24, 2.45) is 15.5 Å². The van der Waals surface area contributed by atoms with Crippen molar-refractivity contribution in [2.45, 2.75) is 25.7 Å². The number of halogens is 1. The average Bonchev–Trinajstić information content (AvgIpc) is 3.09. The molecule has 3 aliphatic rings. The molecule has 1 saturated carbocycles. The molecule has 3 nitrogen and oxygen atoms in total. The van der Waals surface area contributed by atoms with Gasteiger partial charge in [0.15, 0.2) is 0 Å². The Hall–Kier alpha value is -1.35. The first-order valence-electron chi connectivity index (χ1n) is 6.32. The van der Waals surface area contributed by atoms with E-state index in [0.717, 1.165) is 13.0 Å². The van der Waals surface area contributed by atoms with Crippen LogP contribution in [0.4, 0.5) is 0 Å². The Bertz CT molecular complexity index is 495. The van der Waals surface area contributed by atoms with Crippen LogP contribution in [0.1, 0.15) is 25.7 Å². The van der Waals surface area contributed by atoms with Crippen molar-refractivity contribution in [3.63, 3.8) is 0 Å². The second-order valence-corrected chi connectivity index (χ2v) is 5.36. The number of hydrogen-bond acceptors (Lipinski definition) is 2. The molecule has 1 aliphatic heterocycles. The van der Waals surface area contributed by atoms with Gasteiger partial charge in [-0.25, -0.2) is 4.99 Å². The fourth-order valence-corrected chi connectivity index (χ4v) is 2.98. The van der Waals surface area contributed by atoms with E-state index in [0.29, 0.717) is 5.41 Å². The number of nitrogens with zero attached hydrogens (tertiary/aromatic N) is 3. The van der Waals surface area contributed by atoms with E-state index in [1.54, 1.807) is 17.9 Å². The first-order chi connectivity index (χ1) is 8.75. The molecule has 0 aromatic heterocycles. The van der Waals surface area contributed by atoms with Crippen LogP contribution in [0.15, 0.2) is 46.2 Å². The molecule has 94 valence electrons. The maximum atomic E-state index is 6.00. The summed E-state index contributed by atoms with van der Waals surface area (Å²) in [4.78, 5) is 4.00. The lowest BCUT2D eigenvalue weighted by Gasteiger charge is -2.15. The Morgan fingerprint density at radius 1 is 1.50 bits per heavy atom. The van der Waals surface area contributed by atoms with Gasteiger partial charge in [-0.1, -0.05) is 18.7 Å². The first-order valence-corrected chi connectivity index (χ1v) is 6.70. The third kappa shape index (κ3) is 1.93. The second-order valence-electron chi connectivity index (χ2n) is 5.03. The van der Waals surface area contributed by atoms with Gasteiger partial charge >= 0.3 is 0 Å². The summed E-state index contributed by atoms with van der Waals surface area (Å²) in [6.07, 6.45) is 12.4. The van der Waals surface area contributed by atoms with Crippen molar-refractivity contribution >= 4 is 23.1 Å². The normalized spacial score (nSPS) is 25.2. The number of allylic oxidation sites excluding steroid dienone is 3. The Balaban J connectivity index is 1.86. The fraction of sp³-hybridized carbons (Fsp3) is 0.429. The highest BCUT2D eigenvalue weighted by Gasteiger charge is 2.53. The summed E-state index contributed by atoms with van der Waals surface area (Å²) >= 11 is 6.00. The molecule has 0 aromatic carbocycles. The average molecular weight is 262 g/mol. The molecule has 0 atom stereocenters. The molecule has 1 heterocycles. The lowest BCUT2D eigenvalue weighted by atomic mass is 9.91. The first kappa shape index (κ1) is 11.7. The highest BCUT2D eigenvalue weighted by atomic mass is 35.5. The predicted octanol–water partition coefficient (Wildman–Crippen LogP) is 3.45. The van der Waals surface area contributed by atoms with Crippen LogP contribution in [0.25, 0.3) is 0 Å². The van der Waals surface area contributed by atoms with Crippen molar-refractivity contribution in [1.82, 2.24) is 5.01 Å². The van der Waals surface area contributed by atoms with Gasteiger partial charge in [0.2, 0.25) is 5.29 Å². The van der Waals surface area contributed by atoms with Crippen LogP contribution in [0.3, 0.4) is 0 Å². The van der Waals surface area contributed by atoms with Crippen LogP contribution in [-0.2, 0) is 0 Å². The predicted molar refractivity (Wildman–Crippen MR) is 75.8 cm³/mol. The third-order valence-corrected chi connectivity index (χ3v) is 4.03. The summed E-state index contributed by atoms with van der Waals surface area (Å²) in [5, 5.41) is 6.67. The summed E-state index contributed by atoms with van der Waals surface area (Å²) in [6.45, 7) is 4.53. The number of hydrogen-bond donors (Lipinski definition) is 0. The standard InChI is InChI=1S/C14H16ClN3/c1-2-9-16-13(15)17-18-10-14(7-8-14)11-5-3-4-6-12(11)18/h2,4,6,9H,1,3,5,7-8,10H2/b16-9-,17-13-. The number of amidine groups is 1. The molecule has 0 radical (unpaired) electrons. The van der Waals surface area contributed by atoms with Crippen molar-refractivity contribution in [1.29, 1.82) is 0 Å². The van der Waals surface area contributed by atoms with Gasteiger partial charge < -0.3 is 0 Å². The van der Waals surface area contributed by atoms with Crippen LogP contribution in [0, 0.1) is 5.41 Å². The monoisotopic (exact) mass is 261 g/mol. The smallest absolute Gasteiger partial charge is 0.240 e. The van der Waals surface area contributed by atoms with E-state index in [-0.39, 0.29) is 5.29 Å². The second kappa shape index (κ2) is 4.39. The quantitative estimate of drug-likeness (QED) is 0.425. The molecule has 0 unspecified atom stereocenters.